The number of amides is 5. The Kier molecular flexibility index (Phi) is 12.2. The summed E-state index contributed by atoms with van der Waals surface area (Å²) in [5.74, 6) is -1.40. The molecule has 0 aliphatic carbocycles. The predicted molar refractivity (Wildman–Crippen MR) is 175 cm³/mol. The summed E-state index contributed by atoms with van der Waals surface area (Å²) in [6.07, 6.45) is 0.107. The fourth-order valence-corrected chi connectivity index (χ4v) is 5.75. The van der Waals surface area contributed by atoms with E-state index in [1.54, 1.807) is 0 Å². The van der Waals surface area contributed by atoms with Crippen LogP contribution < -0.4 is 21.3 Å². The van der Waals surface area contributed by atoms with Crippen LogP contribution in [0.15, 0.2) is 78.9 Å². The fourth-order valence-electron chi connectivity index (χ4n) is 5.75. The molecule has 3 aromatic carbocycles. The number of halogens is 1. The molecule has 4 atom stereocenters. The van der Waals surface area contributed by atoms with Gasteiger partial charge in [-0.3, -0.25) is 14.9 Å². The minimum Gasteiger partial charge on any atom is -0.391 e. The van der Waals surface area contributed by atoms with Crippen LogP contribution in [0.3, 0.4) is 0 Å². The van der Waals surface area contributed by atoms with Crippen molar-refractivity contribution in [1.29, 1.82) is 0 Å². The third-order valence-corrected chi connectivity index (χ3v) is 8.03. The van der Waals surface area contributed by atoms with Gasteiger partial charge in [-0.2, -0.15) is 0 Å². The lowest BCUT2D eigenvalue weighted by Crippen LogP contribution is -2.59. The largest absolute Gasteiger partial charge is 0.391 e. The number of rotatable bonds is 14. The number of carbonyl (C=O) groups excluding carboxylic acids is 3. The molecule has 12 nitrogen and oxygen atoms in total. The molecule has 0 radical (unpaired) electrons. The number of carbonyl (C=O) groups is 3. The van der Waals surface area contributed by atoms with Crippen LogP contribution in [0.1, 0.15) is 37.8 Å². The second kappa shape index (κ2) is 16.5. The molecule has 3 aromatic rings. The van der Waals surface area contributed by atoms with Gasteiger partial charge >= 0.3 is 12.1 Å². The topological polar surface area (TPSA) is 166 Å². The van der Waals surface area contributed by atoms with Gasteiger partial charge in [-0.1, -0.05) is 74.5 Å². The summed E-state index contributed by atoms with van der Waals surface area (Å²) in [5, 5.41) is 33.7. The van der Waals surface area contributed by atoms with Gasteiger partial charge in [0.25, 0.3) is 5.69 Å². The standard InChI is InChI=1S/C34H41FN6O6/c1-22(2)31(40-17-9-16-36-34(40)45)32(43)37-25(18-23-10-5-3-6-11-23)20-30(42)29(19-24-12-7-4-8-13-24)39-33(44)38-28-21-26(41(46)47)14-15-27(28)35/h3-8,10-15,21-22,25,29-31,42H,9,16-20H2,1-2H3,(H,36,45)(H,37,43)(H2,38,39,44)/t25-,29?,30-,31-/m0/s1. The predicted octanol–water partition coefficient (Wildman–Crippen LogP) is 4.39. The van der Waals surface area contributed by atoms with E-state index in [-0.39, 0.29) is 36.4 Å². The summed E-state index contributed by atoms with van der Waals surface area (Å²) in [4.78, 5) is 51.6. The van der Waals surface area contributed by atoms with Gasteiger partial charge in [-0.25, -0.2) is 14.0 Å². The average molecular weight is 649 g/mol. The smallest absolute Gasteiger partial charge is 0.319 e. The maximum atomic E-state index is 14.4. The summed E-state index contributed by atoms with van der Waals surface area (Å²) in [6, 6.07) is 18.0. The van der Waals surface area contributed by atoms with E-state index in [2.05, 4.69) is 21.3 Å². The third-order valence-electron chi connectivity index (χ3n) is 8.03. The second-order valence-electron chi connectivity index (χ2n) is 12.0. The summed E-state index contributed by atoms with van der Waals surface area (Å²) < 4.78 is 14.4. The lowest BCUT2D eigenvalue weighted by Gasteiger charge is -2.37. The Balaban J connectivity index is 1.56. The highest BCUT2D eigenvalue weighted by Gasteiger charge is 2.35. The number of urea groups is 2. The molecule has 5 N–H and O–H groups in total. The molecule has 1 aliphatic heterocycles. The SMILES string of the molecule is CC(C)[C@@H](C(=O)N[C@@H](Cc1ccccc1)C[C@H](O)C(Cc1ccccc1)NC(=O)Nc1cc([N+](=O)[O-])ccc1F)N1CCCNC1=O. The highest BCUT2D eigenvalue weighted by Crippen LogP contribution is 2.22. The van der Waals surface area contributed by atoms with Crippen molar-refractivity contribution in [2.45, 2.75) is 63.8 Å². The summed E-state index contributed by atoms with van der Waals surface area (Å²) >= 11 is 0. The van der Waals surface area contributed by atoms with E-state index in [4.69, 9.17) is 0 Å². The number of nitrogens with zero attached hydrogens (tertiary/aromatic N) is 2. The zero-order valence-corrected chi connectivity index (χ0v) is 26.4. The average Bonchev–Trinajstić information content (AvgIpc) is 3.03. The van der Waals surface area contributed by atoms with Crippen LogP contribution in [-0.2, 0) is 17.6 Å². The van der Waals surface area contributed by atoms with Gasteiger partial charge in [0.15, 0.2) is 0 Å². The molecule has 1 fully saturated rings. The molecule has 0 bridgehead atoms. The molecule has 0 spiro atoms. The molecule has 5 amide bonds. The van der Waals surface area contributed by atoms with Crippen molar-refractivity contribution in [2.75, 3.05) is 18.4 Å². The number of hydrogen-bond donors (Lipinski definition) is 5. The van der Waals surface area contributed by atoms with Crippen molar-refractivity contribution in [1.82, 2.24) is 20.9 Å². The number of hydrogen-bond acceptors (Lipinski definition) is 6. The van der Waals surface area contributed by atoms with Crippen LogP contribution in [0.5, 0.6) is 0 Å². The molecule has 0 aromatic heterocycles. The fraction of sp³-hybridized carbons (Fsp3) is 0.382. The number of nitro groups is 1. The molecule has 47 heavy (non-hydrogen) atoms. The molecule has 1 unspecified atom stereocenters. The second-order valence-corrected chi connectivity index (χ2v) is 12.0. The maximum Gasteiger partial charge on any atom is 0.319 e. The zero-order valence-electron chi connectivity index (χ0n) is 26.4. The van der Waals surface area contributed by atoms with Crippen LogP contribution in [-0.4, -0.2) is 70.2 Å². The summed E-state index contributed by atoms with van der Waals surface area (Å²) in [6.45, 7) is 4.73. The molecule has 0 saturated carbocycles. The van der Waals surface area contributed by atoms with Crippen molar-refractivity contribution in [3.8, 4) is 0 Å². The monoisotopic (exact) mass is 648 g/mol. The van der Waals surface area contributed by atoms with Crippen LogP contribution in [0, 0.1) is 21.8 Å². The van der Waals surface area contributed by atoms with Gasteiger partial charge in [0.2, 0.25) is 5.91 Å². The highest BCUT2D eigenvalue weighted by atomic mass is 19.1. The first-order valence-corrected chi connectivity index (χ1v) is 15.6. The van der Waals surface area contributed by atoms with Crippen molar-refractivity contribution < 1.29 is 28.8 Å². The summed E-state index contributed by atoms with van der Waals surface area (Å²) in [7, 11) is 0. The minimum atomic E-state index is -1.19. The van der Waals surface area contributed by atoms with E-state index >= 15 is 0 Å². The Hall–Kier alpha value is -5.04. The van der Waals surface area contributed by atoms with E-state index in [1.807, 2.05) is 74.5 Å². The molecule has 250 valence electrons. The number of anilines is 1. The van der Waals surface area contributed by atoms with E-state index in [0.717, 1.165) is 29.3 Å². The van der Waals surface area contributed by atoms with E-state index in [9.17, 15) is 34.0 Å². The number of aliphatic hydroxyl groups is 1. The Bertz CT molecular complexity index is 1530. The number of non-ortho nitro benzene ring substituents is 1. The lowest BCUT2D eigenvalue weighted by molar-refractivity contribution is -0.384. The van der Waals surface area contributed by atoms with Crippen molar-refractivity contribution in [2.24, 2.45) is 5.92 Å². The summed E-state index contributed by atoms with van der Waals surface area (Å²) in [5.41, 5.74) is 0.926. The molecule has 13 heteroatoms. The van der Waals surface area contributed by atoms with Crippen molar-refractivity contribution in [3.63, 3.8) is 0 Å². The van der Waals surface area contributed by atoms with E-state index in [0.29, 0.717) is 25.9 Å². The maximum absolute atomic E-state index is 14.4. The number of nitro benzene ring substituents is 1. The molecule has 1 aliphatic rings. The van der Waals surface area contributed by atoms with Gasteiger partial charge in [0, 0.05) is 31.3 Å². The van der Waals surface area contributed by atoms with E-state index in [1.165, 1.54) is 4.90 Å². The number of benzene rings is 3. The first-order chi connectivity index (χ1) is 22.5. The first-order valence-electron chi connectivity index (χ1n) is 15.6. The Morgan fingerprint density at radius 2 is 1.64 bits per heavy atom. The van der Waals surface area contributed by atoms with Crippen LogP contribution in [0.2, 0.25) is 0 Å². The number of nitrogens with one attached hydrogen (secondary N) is 4. The zero-order chi connectivity index (χ0) is 33.9. The Morgan fingerprint density at radius 3 is 2.23 bits per heavy atom. The van der Waals surface area contributed by atoms with E-state index < -0.39 is 46.7 Å². The molecule has 4 rings (SSSR count). The van der Waals surface area contributed by atoms with Crippen LogP contribution in [0.25, 0.3) is 0 Å². The number of aliphatic hydroxyl groups excluding tert-OH is 1. The van der Waals surface area contributed by atoms with Crippen LogP contribution in [0.4, 0.5) is 25.4 Å². The molecular weight excluding hydrogens is 607 g/mol. The van der Waals surface area contributed by atoms with Gasteiger partial charge < -0.3 is 31.3 Å². The molecule has 1 heterocycles. The van der Waals surface area contributed by atoms with Gasteiger partial charge in [-0.15, -0.1) is 0 Å². The highest BCUT2D eigenvalue weighted by molar-refractivity contribution is 5.90. The van der Waals surface area contributed by atoms with Gasteiger partial charge in [-0.05, 0) is 48.8 Å². The molecule has 1 saturated heterocycles. The Labute approximate surface area is 272 Å². The Morgan fingerprint density at radius 1 is 1.00 bits per heavy atom. The van der Waals surface area contributed by atoms with Crippen LogP contribution >= 0.6 is 0 Å². The normalized spacial score (nSPS) is 15.6. The van der Waals surface area contributed by atoms with Crippen molar-refractivity contribution >= 4 is 29.3 Å². The van der Waals surface area contributed by atoms with Gasteiger partial charge in [0.05, 0.1) is 22.8 Å². The first kappa shape index (κ1) is 34.8. The molecular formula is C34H41FN6O6. The third kappa shape index (κ3) is 9.97. The van der Waals surface area contributed by atoms with Gasteiger partial charge in [0.1, 0.15) is 11.9 Å². The van der Waals surface area contributed by atoms with Crippen molar-refractivity contribution in [3.05, 3.63) is 106 Å². The minimum absolute atomic E-state index is 0.0284. The lowest BCUT2D eigenvalue weighted by atomic mass is 9.93. The quantitative estimate of drug-likeness (QED) is 0.129.